The Morgan fingerprint density at radius 2 is 1.68 bits per heavy atom. The fraction of sp³-hybridized carbons (Fsp3) is 0.263. The lowest BCUT2D eigenvalue weighted by Crippen LogP contribution is -2.29. The maximum Gasteiger partial charge on any atom is 0.337 e. The van der Waals surface area contributed by atoms with Crippen LogP contribution in [0.3, 0.4) is 0 Å². The highest BCUT2D eigenvalue weighted by atomic mass is 16.5. The van der Waals surface area contributed by atoms with Gasteiger partial charge in [0.15, 0.2) is 0 Å². The van der Waals surface area contributed by atoms with Gasteiger partial charge in [-0.1, -0.05) is 12.1 Å². The van der Waals surface area contributed by atoms with E-state index in [0.717, 1.165) is 11.3 Å². The molecule has 0 spiro atoms. The van der Waals surface area contributed by atoms with Crippen LogP contribution >= 0.6 is 0 Å². The maximum absolute atomic E-state index is 12.3. The molecule has 2 aromatic carbocycles. The van der Waals surface area contributed by atoms with Crippen LogP contribution in [-0.4, -0.2) is 39.8 Å². The number of hydrogen-bond acceptors (Lipinski definition) is 5. The lowest BCUT2D eigenvalue weighted by atomic mass is 10.1. The van der Waals surface area contributed by atoms with Gasteiger partial charge < -0.3 is 19.5 Å². The second kappa shape index (κ2) is 8.84. The molecular formula is C19H21NO5. The second-order valence-electron chi connectivity index (χ2n) is 5.28. The number of esters is 1. The van der Waals surface area contributed by atoms with Gasteiger partial charge in [-0.3, -0.25) is 4.79 Å². The third-order valence-corrected chi connectivity index (χ3v) is 3.77. The van der Waals surface area contributed by atoms with Crippen LogP contribution in [0.5, 0.6) is 5.75 Å². The highest BCUT2D eigenvalue weighted by Gasteiger charge is 2.14. The summed E-state index contributed by atoms with van der Waals surface area (Å²) >= 11 is 0. The van der Waals surface area contributed by atoms with Gasteiger partial charge in [-0.15, -0.1) is 0 Å². The van der Waals surface area contributed by atoms with Crippen molar-refractivity contribution < 1.29 is 23.8 Å². The van der Waals surface area contributed by atoms with E-state index in [0.29, 0.717) is 17.7 Å². The van der Waals surface area contributed by atoms with E-state index in [-0.39, 0.29) is 12.0 Å². The molecule has 0 aliphatic rings. The van der Waals surface area contributed by atoms with Crippen molar-refractivity contribution in [2.24, 2.45) is 0 Å². The Hall–Kier alpha value is -2.86. The Morgan fingerprint density at radius 1 is 1.00 bits per heavy atom. The maximum atomic E-state index is 12.3. The Kier molecular flexibility index (Phi) is 6.54. The zero-order chi connectivity index (χ0) is 18.2. The molecular weight excluding hydrogens is 322 g/mol. The van der Waals surface area contributed by atoms with Crippen LogP contribution in [0.2, 0.25) is 0 Å². The first-order chi connectivity index (χ1) is 12.1. The van der Waals surface area contributed by atoms with Crippen molar-refractivity contribution in [2.45, 2.75) is 6.10 Å². The van der Waals surface area contributed by atoms with Crippen molar-refractivity contribution in [3.05, 3.63) is 65.2 Å². The predicted octanol–water partition coefficient (Wildman–Crippen LogP) is 2.60. The molecule has 0 saturated heterocycles. The Labute approximate surface area is 146 Å². The van der Waals surface area contributed by atoms with E-state index >= 15 is 0 Å². The van der Waals surface area contributed by atoms with Gasteiger partial charge in [0.05, 0.1) is 25.9 Å². The van der Waals surface area contributed by atoms with Gasteiger partial charge in [-0.2, -0.15) is 0 Å². The highest BCUT2D eigenvalue weighted by Crippen LogP contribution is 2.21. The summed E-state index contributed by atoms with van der Waals surface area (Å²) in [6.45, 7) is 0.307. The first-order valence-corrected chi connectivity index (χ1v) is 7.72. The summed E-state index contributed by atoms with van der Waals surface area (Å²) in [5.74, 6) is 0.0371. The molecule has 6 heteroatoms. The van der Waals surface area contributed by atoms with Gasteiger partial charge in [0.1, 0.15) is 5.75 Å². The van der Waals surface area contributed by atoms with Crippen LogP contribution < -0.4 is 10.1 Å². The van der Waals surface area contributed by atoms with Crippen LogP contribution in [0.4, 0.5) is 0 Å². The molecule has 0 aromatic heterocycles. The molecule has 1 N–H and O–H groups in total. The third kappa shape index (κ3) is 4.81. The summed E-state index contributed by atoms with van der Waals surface area (Å²) in [5.41, 5.74) is 1.75. The minimum absolute atomic E-state index is 0.249. The van der Waals surface area contributed by atoms with E-state index in [4.69, 9.17) is 9.47 Å². The zero-order valence-corrected chi connectivity index (χ0v) is 14.4. The summed E-state index contributed by atoms with van der Waals surface area (Å²) in [6.07, 6.45) is -0.298. The fourth-order valence-corrected chi connectivity index (χ4v) is 2.34. The van der Waals surface area contributed by atoms with Gasteiger partial charge in [0.2, 0.25) is 0 Å². The van der Waals surface area contributed by atoms with Crippen LogP contribution in [0.15, 0.2) is 48.5 Å². The first kappa shape index (κ1) is 18.5. The molecule has 0 radical (unpaired) electrons. The van der Waals surface area contributed by atoms with E-state index < -0.39 is 5.97 Å². The lowest BCUT2D eigenvalue weighted by molar-refractivity contribution is 0.0600. The molecule has 0 heterocycles. The van der Waals surface area contributed by atoms with Crippen molar-refractivity contribution in [1.29, 1.82) is 0 Å². The number of carbonyl (C=O) groups is 2. The van der Waals surface area contributed by atoms with Gasteiger partial charge in [0.25, 0.3) is 5.91 Å². The molecule has 6 nitrogen and oxygen atoms in total. The summed E-state index contributed by atoms with van der Waals surface area (Å²) < 4.78 is 15.3. The summed E-state index contributed by atoms with van der Waals surface area (Å²) in [6, 6.07) is 13.8. The van der Waals surface area contributed by atoms with Crippen LogP contribution in [0, 0.1) is 0 Å². The van der Waals surface area contributed by atoms with Gasteiger partial charge in [-0.25, -0.2) is 4.79 Å². The monoisotopic (exact) mass is 343 g/mol. The van der Waals surface area contributed by atoms with Crippen molar-refractivity contribution in [2.75, 3.05) is 27.9 Å². The van der Waals surface area contributed by atoms with Gasteiger partial charge >= 0.3 is 5.97 Å². The molecule has 132 valence electrons. The highest BCUT2D eigenvalue weighted by molar-refractivity contribution is 5.96. The molecule has 2 aromatic rings. The Bertz CT molecular complexity index is 727. The molecule has 0 aliphatic carbocycles. The minimum atomic E-state index is -0.440. The number of rotatable bonds is 7. The quantitative estimate of drug-likeness (QED) is 0.782. The normalized spacial score (nSPS) is 11.5. The largest absolute Gasteiger partial charge is 0.497 e. The smallest absolute Gasteiger partial charge is 0.337 e. The summed E-state index contributed by atoms with van der Waals surface area (Å²) in [7, 11) is 4.49. The van der Waals surface area contributed by atoms with Gasteiger partial charge in [-0.05, 0) is 42.0 Å². The number of nitrogens with one attached hydrogen (secondary N) is 1. The molecule has 2 rings (SSSR count). The fourth-order valence-electron chi connectivity index (χ4n) is 2.34. The molecule has 25 heavy (non-hydrogen) atoms. The van der Waals surface area contributed by atoms with E-state index in [1.54, 1.807) is 38.5 Å². The van der Waals surface area contributed by atoms with E-state index in [1.165, 1.54) is 7.11 Å². The summed E-state index contributed by atoms with van der Waals surface area (Å²) in [4.78, 5) is 23.7. The van der Waals surface area contributed by atoms with Crippen LogP contribution in [-0.2, 0) is 9.47 Å². The number of amides is 1. The average molecular weight is 343 g/mol. The molecule has 0 aliphatic heterocycles. The van der Waals surface area contributed by atoms with Crippen molar-refractivity contribution >= 4 is 11.9 Å². The van der Waals surface area contributed by atoms with Crippen LogP contribution in [0.1, 0.15) is 32.4 Å². The standard InChI is InChI=1S/C19H21NO5/c1-23-16-6-4-5-15(11-16)17(24-2)12-20-18(21)13-7-9-14(10-8-13)19(22)25-3/h4-11,17H,12H2,1-3H3,(H,20,21)/t17-/m0/s1. The number of methoxy groups -OCH3 is 3. The minimum Gasteiger partial charge on any atom is -0.497 e. The number of hydrogen-bond donors (Lipinski definition) is 1. The molecule has 1 atom stereocenters. The van der Waals surface area contributed by atoms with E-state index in [9.17, 15) is 9.59 Å². The topological polar surface area (TPSA) is 73.9 Å². The summed E-state index contributed by atoms with van der Waals surface area (Å²) in [5, 5.41) is 2.83. The van der Waals surface area contributed by atoms with E-state index in [2.05, 4.69) is 10.1 Å². The van der Waals surface area contributed by atoms with Crippen molar-refractivity contribution in [3.63, 3.8) is 0 Å². The average Bonchev–Trinajstić information content (AvgIpc) is 2.68. The molecule has 0 fully saturated rings. The predicted molar refractivity (Wildman–Crippen MR) is 92.9 cm³/mol. The second-order valence-corrected chi connectivity index (χ2v) is 5.28. The lowest BCUT2D eigenvalue weighted by Gasteiger charge is -2.17. The molecule has 0 unspecified atom stereocenters. The molecule has 0 bridgehead atoms. The Morgan fingerprint density at radius 3 is 2.28 bits per heavy atom. The van der Waals surface area contributed by atoms with Gasteiger partial charge in [0, 0.05) is 19.2 Å². The first-order valence-electron chi connectivity index (χ1n) is 7.72. The number of benzene rings is 2. The third-order valence-electron chi connectivity index (χ3n) is 3.77. The number of carbonyl (C=O) groups excluding carboxylic acids is 2. The van der Waals surface area contributed by atoms with Crippen LogP contribution in [0.25, 0.3) is 0 Å². The van der Waals surface area contributed by atoms with Crippen molar-refractivity contribution in [3.8, 4) is 5.75 Å². The van der Waals surface area contributed by atoms with Crippen molar-refractivity contribution in [1.82, 2.24) is 5.32 Å². The Balaban J connectivity index is 2.00. The SMILES string of the molecule is COC(=O)c1ccc(C(=O)NC[C@H](OC)c2cccc(OC)c2)cc1. The zero-order valence-electron chi connectivity index (χ0n) is 14.4. The molecule has 0 saturated carbocycles. The number of ether oxygens (including phenoxy) is 3. The molecule has 1 amide bonds. The van der Waals surface area contributed by atoms with E-state index in [1.807, 2.05) is 24.3 Å².